The van der Waals surface area contributed by atoms with Crippen molar-refractivity contribution in [2.45, 2.75) is 116 Å². The highest BCUT2D eigenvalue weighted by Crippen LogP contribution is 2.39. The molecule has 0 bridgehead atoms. The second-order valence-corrected chi connectivity index (χ2v) is 24.6. The van der Waals surface area contributed by atoms with Crippen LogP contribution in [-0.2, 0) is 20.2 Å². The average Bonchev–Trinajstić information content (AvgIpc) is 3.00. The molecule has 0 aromatic heterocycles. The fraction of sp³-hybridized carbons (Fsp3) is 0.550. The fourth-order valence-corrected chi connectivity index (χ4v) is 12.0. The monoisotopic (exact) mass is 662 g/mol. The number of hydrogen-bond acceptors (Lipinski definition) is 4. The first-order valence-corrected chi connectivity index (χ1v) is 22.1. The standard InChI is InChI=1S/C40H62O4Si2/c1-33(28-30-43-46(40(5,6)7,37-20-13-11-14-21-37)38-22-15-12-16-23-38)31-36(44-45(9,10)39(2,3)4)19-17-18-29-42-32-34-24-26-35(41-8)27-25-34/h11-16,20-27,33,36H,17-19,28-32H2,1-10H3/t33-,36-/m1/s1. The van der Waals surface area contributed by atoms with Crippen molar-refractivity contribution in [1.29, 1.82) is 0 Å². The third kappa shape index (κ3) is 10.6. The number of methoxy groups -OCH3 is 1. The maximum Gasteiger partial charge on any atom is 0.261 e. The van der Waals surface area contributed by atoms with Crippen LogP contribution in [0.15, 0.2) is 84.9 Å². The van der Waals surface area contributed by atoms with E-state index in [2.05, 4.69) is 134 Å². The minimum absolute atomic E-state index is 0.0115. The molecule has 0 unspecified atom stereocenters. The molecule has 3 aromatic rings. The predicted molar refractivity (Wildman–Crippen MR) is 201 cm³/mol. The fourth-order valence-electron chi connectivity index (χ4n) is 6.05. The van der Waals surface area contributed by atoms with E-state index in [4.69, 9.17) is 18.3 Å². The first-order valence-electron chi connectivity index (χ1n) is 17.3. The van der Waals surface area contributed by atoms with E-state index in [1.54, 1.807) is 7.11 Å². The van der Waals surface area contributed by atoms with Crippen LogP contribution in [0.4, 0.5) is 0 Å². The van der Waals surface area contributed by atoms with E-state index in [1.807, 2.05) is 12.1 Å². The Bertz CT molecular complexity index is 1230. The van der Waals surface area contributed by atoms with Gasteiger partial charge >= 0.3 is 0 Å². The van der Waals surface area contributed by atoms with Gasteiger partial charge in [0.1, 0.15) is 5.75 Å². The van der Waals surface area contributed by atoms with Gasteiger partial charge in [0, 0.05) is 19.3 Å². The number of unbranched alkanes of at least 4 members (excludes halogenated alkanes) is 1. The summed E-state index contributed by atoms with van der Waals surface area (Å²) in [6.45, 7) is 23.4. The Balaban J connectivity index is 1.63. The molecule has 0 aliphatic rings. The van der Waals surface area contributed by atoms with Crippen molar-refractivity contribution < 1.29 is 18.3 Å². The third-order valence-corrected chi connectivity index (χ3v) is 19.3. The van der Waals surface area contributed by atoms with Gasteiger partial charge in [0.15, 0.2) is 8.32 Å². The summed E-state index contributed by atoms with van der Waals surface area (Å²) < 4.78 is 25.6. The highest BCUT2D eigenvalue weighted by atomic mass is 28.4. The molecule has 6 heteroatoms. The normalized spacial score (nSPS) is 14.2. The number of ether oxygens (including phenoxy) is 2. The quantitative estimate of drug-likeness (QED) is 0.100. The molecule has 0 saturated heterocycles. The minimum atomic E-state index is -2.53. The largest absolute Gasteiger partial charge is 0.497 e. The van der Waals surface area contributed by atoms with Gasteiger partial charge in [-0.1, -0.05) is 121 Å². The number of rotatable bonds is 18. The van der Waals surface area contributed by atoms with Crippen LogP contribution in [0.2, 0.25) is 23.2 Å². The summed E-state index contributed by atoms with van der Waals surface area (Å²) in [6, 6.07) is 30.1. The van der Waals surface area contributed by atoms with Crippen molar-refractivity contribution in [1.82, 2.24) is 0 Å². The molecule has 0 N–H and O–H groups in total. The second kappa shape index (κ2) is 17.3. The first kappa shape index (κ1) is 38.2. The summed E-state index contributed by atoms with van der Waals surface area (Å²) in [5.41, 5.74) is 1.18. The summed E-state index contributed by atoms with van der Waals surface area (Å²) >= 11 is 0. The van der Waals surface area contributed by atoms with Crippen LogP contribution in [0.25, 0.3) is 0 Å². The van der Waals surface area contributed by atoms with E-state index < -0.39 is 16.6 Å². The molecule has 0 aliphatic carbocycles. The number of benzene rings is 3. The van der Waals surface area contributed by atoms with Crippen LogP contribution in [-0.4, -0.2) is 43.1 Å². The maximum absolute atomic E-state index is 7.23. The molecular weight excluding hydrogens is 601 g/mol. The van der Waals surface area contributed by atoms with E-state index in [9.17, 15) is 0 Å². The Kier molecular flexibility index (Phi) is 14.3. The van der Waals surface area contributed by atoms with Crippen LogP contribution in [0, 0.1) is 5.92 Å². The highest BCUT2D eigenvalue weighted by molar-refractivity contribution is 6.99. The molecule has 3 aromatic carbocycles. The van der Waals surface area contributed by atoms with Crippen LogP contribution in [0.3, 0.4) is 0 Å². The topological polar surface area (TPSA) is 36.9 Å². The zero-order valence-corrected chi connectivity index (χ0v) is 32.5. The first-order chi connectivity index (χ1) is 21.7. The highest BCUT2D eigenvalue weighted by Gasteiger charge is 2.50. The van der Waals surface area contributed by atoms with Crippen LogP contribution >= 0.6 is 0 Å². The van der Waals surface area contributed by atoms with E-state index in [-0.39, 0.29) is 16.2 Å². The molecule has 4 nitrogen and oxygen atoms in total. The van der Waals surface area contributed by atoms with Gasteiger partial charge in [-0.2, -0.15) is 0 Å². The van der Waals surface area contributed by atoms with Crippen molar-refractivity contribution in [2.75, 3.05) is 20.3 Å². The summed E-state index contributed by atoms with van der Waals surface area (Å²) in [5, 5.41) is 2.86. The van der Waals surface area contributed by atoms with Crippen LogP contribution < -0.4 is 15.1 Å². The molecule has 0 spiro atoms. The maximum atomic E-state index is 7.23. The number of hydrogen-bond donors (Lipinski definition) is 0. The SMILES string of the molecule is COc1ccc(COCCCC[C@H](C[C@H](C)CCO[Si](c2ccccc2)(c2ccccc2)C(C)(C)C)O[Si](C)(C)C(C)(C)C)cc1. The molecular formula is C40H62O4Si2. The summed E-state index contributed by atoms with van der Waals surface area (Å²) in [6.07, 6.45) is 5.55. The van der Waals surface area contributed by atoms with Crippen molar-refractivity contribution in [3.05, 3.63) is 90.5 Å². The lowest BCUT2D eigenvalue weighted by molar-refractivity contribution is 0.105. The van der Waals surface area contributed by atoms with Gasteiger partial charge in [-0.15, -0.1) is 0 Å². The third-order valence-electron chi connectivity index (χ3n) is 9.77. The lowest BCUT2D eigenvalue weighted by atomic mass is 9.97. The zero-order valence-electron chi connectivity index (χ0n) is 30.5. The summed E-state index contributed by atoms with van der Waals surface area (Å²) in [4.78, 5) is 0. The smallest absolute Gasteiger partial charge is 0.261 e. The van der Waals surface area contributed by atoms with Gasteiger partial charge in [0.25, 0.3) is 8.32 Å². The van der Waals surface area contributed by atoms with Crippen molar-refractivity contribution in [3.8, 4) is 5.75 Å². The van der Waals surface area contributed by atoms with Gasteiger partial charge < -0.3 is 18.3 Å². The van der Waals surface area contributed by atoms with Gasteiger partial charge in [-0.25, -0.2) is 0 Å². The molecule has 0 amide bonds. The average molecular weight is 663 g/mol. The van der Waals surface area contributed by atoms with E-state index in [1.165, 1.54) is 15.9 Å². The summed E-state index contributed by atoms with van der Waals surface area (Å²) in [5.74, 6) is 1.37. The van der Waals surface area contributed by atoms with Gasteiger partial charge in [-0.3, -0.25) is 0 Å². The summed E-state index contributed by atoms with van der Waals surface area (Å²) in [7, 11) is -2.74. The zero-order chi connectivity index (χ0) is 33.8. The molecule has 0 saturated carbocycles. The molecule has 0 radical (unpaired) electrons. The Morgan fingerprint density at radius 3 is 1.74 bits per heavy atom. The van der Waals surface area contributed by atoms with Crippen molar-refractivity contribution in [3.63, 3.8) is 0 Å². The van der Waals surface area contributed by atoms with Gasteiger partial charge in [-0.05, 0) is 89.3 Å². The van der Waals surface area contributed by atoms with E-state index >= 15 is 0 Å². The molecule has 46 heavy (non-hydrogen) atoms. The van der Waals surface area contributed by atoms with Crippen LogP contribution in [0.1, 0.15) is 86.1 Å². The second-order valence-electron chi connectivity index (χ2n) is 15.5. The van der Waals surface area contributed by atoms with Gasteiger partial charge in [0.2, 0.25) is 0 Å². The van der Waals surface area contributed by atoms with Gasteiger partial charge in [0.05, 0.1) is 13.7 Å². The Morgan fingerprint density at radius 1 is 0.674 bits per heavy atom. The van der Waals surface area contributed by atoms with Crippen molar-refractivity contribution in [2.24, 2.45) is 5.92 Å². The molecule has 0 aliphatic heterocycles. The predicted octanol–water partition coefficient (Wildman–Crippen LogP) is 9.77. The molecule has 2 atom stereocenters. The molecule has 254 valence electrons. The lowest BCUT2D eigenvalue weighted by Crippen LogP contribution is -2.66. The molecule has 3 rings (SSSR count). The Labute approximate surface area is 283 Å². The molecule has 0 heterocycles. The van der Waals surface area contributed by atoms with E-state index in [0.717, 1.165) is 51.1 Å². The molecule has 0 fully saturated rings. The Morgan fingerprint density at radius 2 is 1.24 bits per heavy atom. The Hall–Kier alpha value is -2.23. The lowest BCUT2D eigenvalue weighted by Gasteiger charge is -2.43. The van der Waals surface area contributed by atoms with Crippen LogP contribution in [0.5, 0.6) is 5.75 Å². The van der Waals surface area contributed by atoms with Crippen molar-refractivity contribution >= 4 is 27.0 Å². The van der Waals surface area contributed by atoms with E-state index in [0.29, 0.717) is 12.5 Å². The minimum Gasteiger partial charge on any atom is -0.497 e.